The molecule has 0 saturated carbocycles. The molecule has 28 heavy (non-hydrogen) atoms. The number of ether oxygens (including phenoxy) is 1. The number of nitrogens with zero attached hydrogens (tertiary/aromatic N) is 1. The van der Waals surface area contributed by atoms with Crippen molar-refractivity contribution in [3.8, 4) is 16.3 Å². The first-order valence-electron chi connectivity index (χ1n) is 9.15. The molecule has 0 unspecified atom stereocenters. The Morgan fingerprint density at radius 2 is 1.89 bits per heavy atom. The van der Waals surface area contributed by atoms with E-state index in [1.807, 2.05) is 61.7 Å². The number of benzene rings is 2. The number of hydrogen-bond donors (Lipinski definition) is 1. The maximum absolute atomic E-state index is 12.3. The van der Waals surface area contributed by atoms with Gasteiger partial charge in [-0.2, -0.15) is 0 Å². The van der Waals surface area contributed by atoms with E-state index in [0.29, 0.717) is 18.7 Å². The monoisotopic (exact) mass is 414 g/mol. The lowest BCUT2D eigenvalue weighted by molar-refractivity contribution is -0.127. The van der Waals surface area contributed by atoms with Crippen molar-refractivity contribution >= 4 is 28.8 Å². The largest absolute Gasteiger partial charge is 0.481 e. The number of thiazole rings is 1. The summed E-state index contributed by atoms with van der Waals surface area (Å²) in [6.07, 6.45) is 0.0938. The van der Waals surface area contributed by atoms with Gasteiger partial charge >= 0.3 is 0 Å². The van der Waals surface area contributed by atoms with Crippen LogP contribution in [0.2, 0.25) is 5.02 Å². The van der Waals surface area contributed by atoms with Crippen LogP contribution in [0.3, 0.4) is 0 Å². The third kappa shape index (κ3) is 5.12. The number of amides is 1. The molecule has 6 heteroatoms. The topological polar surface area (TPSA) is 51.2 Å². The molecule has 0 bridgehead atoms. The summed E-state index contributed by atoms with van der Waals surface area (Å²) in [5.74, 6) is 0.498. The normalized spacial score (nSPS) is 11.9. The SMILES string of the molecule is Cc1cc(O[C@H](C)C(=O)NCCc2csc(-c3ccccc3)n2)cc(C)c1Cl. The average molecular weight is 415 g/mol. The zero-order valence-electron chi connectivity index (χ0n) is 16.2. The lowest BCUT2D eigenvalue weighted by Gasteiger charge is -2.16. The molecule has 3 rings (SSSR count). The Bertz CT molecular complexity index is 933. The van der Waals surface area contributed by atoms with Crippen LogP contribution in [0.25, 0.3) is 10.6 Å². The molecule has 1 N–H and O–H groups in total. The number of hydrogen-bond acceptors (Lipinski definition) is 4. The average Bonchev–Trinajstić information content (AvgIpc) is 3.15. The van der Waals surface area contributed by atoms with Crippen LogP contribution in [-0.4, -0.2) is 23.5 Å². The number of aromatic nitrogens is 1. The van der Waals surface area contributed by atoms with Crippen molar-refractivity contribution in [2.24, 2.45) is 0 Å². The summed E-state index contributed by atoms with van der Waals surface area (Å²) in [6.45, 7) is 6.10. The van der Waals surface area contributed by atoms with Crippen LogP contribution in [0.15, 0.2) is 47.8 Å². The van der Waals surface area contributed by atoms with E-state index >= 15 is 0 Å². The molecule has 146 valence electrons. The van der Waals surface area contributed by atoms with Crippen molar-refractivity contribution in [3.05, 3.63) is 69.7 Å². The minimum atomic E-state index is -0.588. The fourth-order valence-corrected chi connectivity index (χ4v) is 3.79. The number of carbonyl (C=O) groups is 1. The molecule has 1 amide bonds. The number of nitrogens with one attached hydrogen (secondary N) is 1. The van der Waals surface area contributed by atoms with Crippen LogP contribution in [0, 0.1) is 13.8 Å². The van der Waals surface area contributed by atoms with Gasteiger partial charge in [-0.15, -0.1) is 11.3 Å². The summed E-state index contributed by atoms with van der Waals surface area (Å²) in [6, 6.07) is 13.8. The van der Waals surface area contributed by atoms with Crippen molar-refractivity contribution in [3.63, 3.8) is 0 Å². The van der Waals surface area contributed by atoms with Gasteiger partial charge < -0.3 is 10.1 Å². The minimum absolute atomic E-state index is 0.149. The summed E-state index contributed by atoms with van der Waals surface area (Å²) < 4.78 is 5.77. The van der Waals surface area contributed by atoms with Crippen LogP contribution in [0.4, 0.5) is 0 Å². The highest BCUT2D eigenvalue weighted by atomic mass is 35.5. The zero-order chi connectivity index (χ0) is 20.1. The van der Waals surface area contributed by atoms with Gasteiger partial charge in [-0.3, -0.25) is 4.79 Å². The molecule has 0 aliphatic rings. The molecule has 1 atom stereocenters. The van der Waals surface area contributed by atoms with Crippen LogP contribution >= 0.6 is 22.9 Å². The summed E-state index contributed by atoms with van der Waals surface area (Å²) in [7, 11) is 0. The maximum Gasteiger partial charge on any atom is 0.260 e. The first kappa shape index (κ1) is 20.4. The van der Waals surface area contributed by atoms with E-state index in [-0.39, 0.29) is 5.91 Å². The van der Waals surface area contributed by atoms with Gasteiger partial charge in [0, 0.05) is 28.9 Å². The molecule has 0 saturated heterocycles. The van der Waals surface area contributed by atoms with E-state index in [1.165, 1.54) is 0 Å². The predicted octanol–water partition coefficient (Wildman–Crippen LogP) is 5.21. The Labute approximate surface area is 174 Å². The van der Waals surface area contributed by atoms with Crippen molar-refractivity contribution in [2.45, 2.75) is 33.3 Å². The second kappa shape index (κ2) is 9.22. The van der Waals surface area contributed by atoms with Crippen molar-refractivity contribution < 1.29 is 9.53 Å². The van der Waals surface area contributed by atoms with Gasteiger partial charge in [0.2, 0.25) is 0 Å². The molecular weight excluding hydrogens is 392 g/mol. The molecular formula is C22H23ClN2O2S. The molecule has 0 aliphatic heterocycles. The maximum atomic E-state index is 12.3. The quantitative estimate of drug-likeness (QED) is 0.577. The third-order valence-corrected chi connectivity index (χ3v) is 5.88. The van der Waals surface area contributed by atoms with E-state index in [2.05, 4.69) is 10.3 Å². The van der Waals surface area contributed by atoms with Crippen molar-refractivity contribution in [1.82, 2.24) is 10.3 Å². The van der Waals surface area contributed by atoms with Gasteiger partial charge in [0.1, 0.15) is 10.8 Å². The highest BCUT2D eigenvalue weighted by molar-refractivity contribution is 7.13. The lowest BCUT2D eigenvalue weighted by Crippen LogP contribution is -2.37. The molecule has 4 nitrogen and oxygen atoms in total. The number of carbonyl (C=O) groups excluding carboxylic acids is 1. The number of rotatable bonds is 7. The van der Waals surface area contributed by atoms with Crippen LogP contribution in [0.1, 0.15) is 23.7 Å². The van der Waals surface area contributed by atoms with Gasteiger partial charge in [-0.1, -0.05) is 41.9 Å². The van der Waals surface area contributed by atoms with E-state index in [0.717, 1.165) is 32.4 Å². The Morgan fingerprint density at radius 3 is 2.57 bits per heavy atom. The standard InChI is InChI=1S/C22H23ClN2O2S/c1-14-11-19(12-15(2)20(14)23)27-16(3)21(26)24-10-9-18-13-28-22(25-18)17-7-5-4-6-8-17/h4-8,11-13,16H,9-10H2,1-3H3,(H,24,26)/t16-/m1/s1. The molecule has 1 aromatic heterocycles. The molecule has 0 fully saturated rings. The summed E-state index contributed by atoms with van der Waals surface area (Å²) >= 11 is 7.79. The predicted molar refractivity (Wildman–Crippen MR) is 115 cm³/mol. The zero-order valence-corrected chi connectivity index (χ0v) is 17.7. The van der Waals surface area contributed by atoms with Gasteiger partial charge in [0.25, 0.3) is 5.91 Å². The van der Waals surface area contributed by atoms with E-state index in [9.17, 15) is 4.79 Å². The first-order valence-corrected chi connectivity index (χ1v) is 10.4. The van der Waals surface area contributed by atoms with Crippen LogP contribution < -0.4 is 10.1 Å². The highest BCUT2D eigenvalue weighted by Gasteiger charge is 2.15. The van der Waals surface area contributed by atoms with Gasteiger partial charge in [-0.05, 0) is 44.0 Å². The fraction of sp³-hybridized carbons (Fsp3) is 0.273. The van der Waals surface area contributed by atoms with E-state index < -0.39 is 6.10 Å². The summed E-state index contributed by atoms with van der Waals surface area (Å²) in [5, 5.41) is 6.67. The molecule has 0 spiro atoms. The Balaban J connectivity index is 1.50. The second-order valence-corrected chi connectivity index (χ2v) is 7.92. The fourth-order valence-electron chi connectivity index (χ4n) is 2.82. The first-order chi connectivity index (χ1) is 13.4. The van der Waals surface area contributed by atoms with Gasteiger partial charge in [0.05, 0.1) is 5.69 Å². The Kier molecular flexibility index (Phi) is 6.70. The Morgan fingerprint density at radius 1 is 1.21 bits per heavy atom. The van der Waals surface area contributed by atoms with Gasteiger partial charge in [-0.25, -0.2) is 4.98 Å². The lowest BCUT2D eigenvalue weighted by atomic mass is 10.1. The van der Waals surface area contributed by atoms with Crippen LogP contribution in [0.5, 0.6) is 5.75 Å². The minimum Gasteiger partial charge on any atom is -0.481 e. The highest BCUT2D eigenvalue weighted by Crippen LogP contribution is 2.26. The molecule has 3 aromatic rings. The molecule has 2 aromatic carbocycles. The summed E-state index contributed by atoms with van der Waals surface area (Å²) in [4.78, 5) is 17.0. The molecule has 0 radical (unpaired) electrons. The van der Waals surface area contributed by atoms with E-state index in [4.69, 9.17) is 16.3 Å². The summed E-state index contributed by atoms with van der Waals surface area (Å²) in [5.41, 5.74) is 3.95. The second-order valence-electron chi connectivity index (χ2n) is 6.68. The number of halogens is 1. The van der Waals surface area contributed by atoms with Crippen LogP contribution in [-0.2, 0) is 11.2 Å². The van der Waals surface area contributed by atoms with E-state index in [1.54, 1.807) is 18.3 Å². The van der Waals surface area contributed by atoms with Crippen molar-refractivity contribution in [2.75, 3.05) is 6.54 Å². The van der Waals surface area contributed by atoms with Gasteiger partial charge in [0.15, 0.2) is 6.10 Å². The Hall–Kier alpha value is -2.37. The molecule has 0 aliphatic carbocycles. The smallest absolute Gasteiger partial charge is 0.260 e. The van der Waals surface area contributed by atoms with Crippen molar-refractivity contribution in [1.29, 1.82) is 0 Å². The molecule has 1 heterocycles. The number of aryl methyl sites for hydroxylation is 2. The third-order valence-electron chi connectivity index (χ3n) is 4.34.